The number of carbonyl (C=O) groups excluding carboxylic acids is 4. The molecule has 2 aliphatic heterocycles. The number of nitrogens with one attached hydrogen (secondary N) is 1. The second kappa shape index (κ2) is 6.92. The maximum absolute atomic E-state index is 12.4. The van der Waals surface area contributed by atoms with E-state index in [0.29, 0.717) is 29.7 Å². The summed E-state index contributed by atoms with van der Waals surface area (Å²) in [6.45, 7) is 1.81. The predicted molar refractivity (Wildman–Crippen MR) is 100 cm³/mol. The van der Waals surface area contributed by atoms with Gasteiger partial charge in [0.15, 0.2) is 0 Å². The monoisotopic (exact) mass is 378 g/mol. The summed E-state index contributed by atoms with van der Waals surface area (Å²) in [5, 5.41) is 2.76. The van der Waals surface area contributed by atoms with Gasteiger partial charge < -0.3 is 10.1 Å². The van der Waals surface area contributed by atoms with Crippen molar-refractivity contribution in [3.63, 3.8) is 0 Å². The van der Waals surface area contributed by atoms with E-state index >= 15 is 0 Å². The van der Waals surface area contributed by atoms with Crippen molar-refractivity contribution in [3.05, 3.63) is 58.7 Å². The zero-order chi connectivity index (χ0) is 19.8. The van der Waals surface area contributed by atoms with Gasteiger partial charge in [0.05, 0.1) is 17.5 Å². The van der Waals surface area contributed by atoms with Gasteiger partial charge in [-0.15, -0.1) is 0 Å². The Morgan fingerprint density at radius 3 is 2.64 bits per heavy atom. The van der Waals surface area contributed by atoms with Gasteiger partial charge in [0, 0.05) is 18.7 Å². The van der Waals surface area contributed by atoms with Gasteiger partial charge >= 0.3 is 5.97 Å². The highest BCUT2D eigenvalue weighted by atomic mass is 16.5. The van der Waals surface area contributed by atoms with E-state index in [1.807, 2.05) is 6.92 Å². The number of nitrogens with zero attached hydrogens (tertiary/aromatic N) is 1. The molecule has 28 heavy (non-hydrogen) atoms. The van der Waals surface area contributed by atoms with Crippen molar-refractivity contribution in [2.24, 2.45) is 0 Å². The van der Waals surface area contributed by atoms with Crippen molar-refractivity contribution < 1.29 is 23.9 Å². The third-order valence-corrected chi connectivity index (χ3v) is 4.87. The molecule has 1 N–H and O–H groups in total. The fraction of sp³-hybridized carbons (Fsp3) is 0.238. The first kappa shape index (κ1) is 17.9. The summed E-state index contributed by atoms with van der Waals surface area (Å²) >= 11 is 0. The molecule has 2 aromatic rings. The number of fused-ring (bicyclic) bond motifs is 2. The number of carbonyl (C=O) groups is 4. The smallest absolute Gasteiger partial charge is 0.312 e. The number of hydrogen-bond donors (Lipinski definition) is 1. The number of benzene rings is 2. The number of rotatable bonds is 4. The van der Waals surface area contributed by atoms with Crippen LogP contribution in [0.2, 0.25) is 0 Å². The lowest BCUT2D eigenvalue weighted by atomic mass is 10.0. The molecule has 3 amide bonds. The first-order valence-corrected chi connectivity index (χ1v) is 9.02. The Morgan fingerprint density at radius 1 is 1.04 bits per heavy atom. The molecule has 0 fully saturated rings. The standard InChI is InChI=1S/C21H18N2O5/c1-12-2-5-15-16(10-12)21(27)23(20(15)26)9-8-19(25)28-14-4-6-17-13(11-14)3-7-18(24)22-17/h2,4-6,10-11H,3,7-9H2,1H3,(H,22,24). The Hall–Kier alpha value is -3.48. The minimum absolute atomic E-state index is 0.0339. The van der Waals surface area contributed by atoms with E-state index in [1.54, 1.807) is 36.4 Å². The van der Waals surface area contributed by atoms with Gasteiger partial charge in [0.2, 0.25) is 5.91 Å². The number of anilines is 1. The highest BCUT2D eigenvalue weighted by Crippen LogP contribution is 2.27. The van der Waals surface area contributed by atoms with Crippen molar-refractivity contribution in [1.82, 2.24) is 4.90 Å². The Labute approximate surface area is 161 Å². The lowest BCUT2D eigenvalue weighted by Gasteiger charge is -2.17. The fourth-order valence-electron chi connectivity index (χ4n) is 3.42. The second-order valence-electron chi connectivity index (χ2n) is 6.90. The van der Waals surface area contributed by atoms with Crippen LogP contribution in [0.5, 0.6) is 5.75 Å². The second-order valence-corrected chi connectivity index (χ2v) is 6.90. The molecule has 2 aliphatic rings. The minimum atomic E-state index is -0.535. The fourth-order valence-corrected chi connectivity index (χ4v) is 3.42. The van der Waals surface area contributed by atoms with Crippen LogP contribution >= 0.6 is 0 Å². The van der Waals surface area contributed by atoms with Gasteiger partial charge in [-0.2, -0.15) is 0 Å². The van der Waals surface area contributed by atoms with Gasteiger partial charge in [-0.1, -0.05) is 11.6 Å². The summed E-state index contributed by atoms with van der Waals surface area (Å²) < 4.78 is 5.33. The summed E-state index contributed by atoms with van der Waals surface area (Å²) in [6.07, 6.45) is 0.878. The van der Waals surface area contributed by atoms with Crippen molar-refractivity contribution >= 4 is 29.4 Å². The van der Waals surface area contributed by atoms with E-state index in [4.69, 9.17) is 4.74 Å². The maximum atomic E-state index is 12.4. The molecule has 0 unspecified atom stereocenters. The SMILES string of the molecule is Cc1ccc2c(c1)C(=O)N(CCC(=O)Oc1ccc3c(c1)CCC(=O)N3)C2=O. The first-order chi connectivity index (χ1) is 13.4. The number of esters is 1. The molecule has 0 bridgehead atoms. The predicted octanol–water partition coefficient (Wildman–Crippen LogP) is 2.47. The minimum Gasteiger partial charge on any atom is -0.426 e. The molecule has 0 aliphatic carbocycles. The van der Waals surface area contributed by atoms with E-state index < -0.39 is 11.9 Å². The largest absolute Gasteiger partial charge is 0.426 e. The van der Waals surface area contributed by atoms with E-state index in [0.717, 1.165) is 21.7 Å². The van der Waals surface area contributed by atoms with Crippen LogP contribution < -0.4 is 10.1 Å². The van der Waals surface area contributed by atoms with Gasteiger partial charge in [-0.25, -0.2) is 0 Å². The van der Waals surface area contributed by atoms with Gasteiger partial charge in [0.1, 0.15) is 5.75 Å². The van der Waals surface area contributed by atoms with Crippen molar-refractivity contribution in [3.8, 4) is 5.75 Å². The number of aryl methyl sites for hydroxylation is 2. The lowest BCUT2D eigenvalue weighted by molar-refractivity contribution is -0.134. The molecule has 4 rings (SSSR count). The molecule has 0 radical (unpaired) electrons. The molecule has 0 saturated carbocycles. The van der Waals surface area contributed by atoms with Crippen molar-refractivity contribution in [2.45, 2.75) is 26.2 Å². The first-order valence-electron chi connectivity index (χ1n) is 9.02. The summed E-state index contributed by atoms with van der Waals surface area (Å²) in [4.78, 5) is 49.5. The molecule has 7 nitrogen and oxygen atoms in total. The molecular formula is C21H18N2O5. The molecule has 0 saturated heterocycles. The van der Waals surface area contributed by atoms with Crippen LogP contribution in [0, 0.1) is 6.92 Å². The Bertz CT molecular complexity index is 1030. The molecule has 7 heteroatoms. The van der Waals surface area contributed by atoms with Crippen LogP contribution in [-0.4, -0.2) is 35.1 Å². The Morgan fingerprint density at radius 2 is 1.82 bits per heavy atom. The molecule has 2 heterocycles. The van der Waals surface area contributed by atoms with E-state index in [9.17, 15) is 19.2 Å². The van der Waals surface area contributed by atoms with Gasteiger partial charge in [-0.05, 0) is 49.2 Å². The molecule has 0 spiro atoms. The van der Waals surface area contributed by atoms with Gasteiger partial charge in [-0.3, -0.25) is 24.1 Å². The quantitative estimate of drug-likeness (QED) is 0.501. The topological polar surface area (TPSA) is 92.8 Å². The van der Waals surface area contributed by atoms with Crippen LogP contribution in [-0.2, 0) is 16.0 Å². The van der Waals surface area contributed by atoms with Crippen molar-refractivity contribution in [1.29, 1.82) is 0 Å². The maximum Gasteiger partial charge on any atom is 0.312 e. The molecular weight excluding hydrogens is 360 g/mol. The normalized spacial score (nSPS) is 15.2. The third kappa shape index (κ3) is 3.26. The van der Waals surface area contributed by atoms with Crippen LogP contribution in [0.1, 0.15) is 44.7 Å². The van der Waals surface area contributed by atoms with Crippen LogP contribution in [0.4, 0.5) is 5.69 Å². The summed E-state index contributed by atoms with van der Waals surface area (Å²) in [6, 6.07) is 10.1. The highest BCUT2D eigenvalue weighted by Gasteiger charge is 2.35. The number of amides is 3. The molecule has 0 aromatic heterocycles. The number of ether oxygens (including phenoxy) is 1. The molecule has 2 aromatic carbocycles. The highest BCUT2D eigenvalue weighted by molar-refractivity contribution is 6.21. The Balaban J connectivity index is 1.38. The zero-order valence-corrected chi connectivity index (χ0v) is 15.3. The van der Waals surface area contributed by atoms with Crippen LogP contribution in [0.25, 0.3) is 0 Å². The van der Waals surface area contributed by atoms with E-state index in [2.05, 4.69) is 5.32 Å². The third-order valence-electron chi connectivity index (χ3n) is 4.87. The van der Waals surface area contributed by atoms with Crippen LogP contribution in [0.15, 0.2) is 36.4 Å². The number of hydrogen-bond acceptors (Lipinski definition) is 5. The average Bonchev–Trinajstić information content (AvgIpc) is 2.90. The lowest BCUT2D eigenvalue weighted by Crippen LogP contribution is -2.32. The van der Waals surface area contributed by atoms with Gasteiger partial charge in [0.25, 0.3) is 11.8 Å². The summed E-state index contributed by atoms with van der Waals surface area (Å²) in [7, 11) is 0. The van der Waals surface area contributed by atoms with Crippen molar-refractivity contribution in [2.75, 3.05) is 11.9 Å². The van der Waals surface area contributed by atoms with E-state index in [-0.39, 0.29) is 24.8 Å². The summed E-state index contributed by atoms with van der Waals surface area (Å²) in [5.41, 5.74) is 3.25. The number of imide groups is 1. The zero-order valence-electron chi connectivity index (χ0n) is 15.3. The average molecular weight is 378 g/mol. The summed E-state index contributed by atoms with van der Waals surface area (Å²) in [5.74, 6) is -0.975. The molecule has 0 atom stereocenters. The van der Waals surface area contributed by atoms with Crippen LogP contribution in [0.3, 0.4) is 0 Å². The van der Waals surface area contributed by atoms with E-state index in [1.165, 1.54) is 0 Å². The molecule has 142 valence electrons. The Kier molecular flexibility index (Phi) is 4.43.